The third-order valence-corrected chi connectivity index (χ3v) is 4.08. The maximum atomic E-state index is 12.7. The minimum atomic E-state index is -0.663. The summed E-state index contributed by atoms with van der Waals surface area (Å²) in [5.74, 6) is -0.618. The summed E-state index contributed by atoms with van der Waals surface area (Å²) in [7, 11) is 0. The average molecular weight is 335 g/mol. The fourth-order valence-electron chi connectivity index (χ4n) is 2.40. The summed E-state index contributed by atoms with van der Waals surface area (Å²) < 4.78 is 0. The van der Waals surface area contributed by atoms with E-state index in [0.717, 1.165) is 6.42 Å². The number of carbonyl (C=O) groups is 2. The number of hydrogen-bond acceptors (Lipinski definition) is 3. The van der Waals surface area contributed by atoms with E-state index in [-0.39, 0.29) is 17.7 Å². The Morgan fingerprint density at radius 3 is 2.48 bits per heavy atom. The van der Waals surface area contributed by atoms with Gasteiger partial charge in [-0.05, 0) is 36.2 Å². The third-order valence-electron chi connectivity index (χ3n) is 4.08. The molecule has 0 spiro atoms. The van der Waals surface area contributed by atoms with E-state index in [2.05, 4.69) is 10.6 Å². The van der Waals surface area contributed by atoms with Gasteiger partial charge in [-0.3, -0.25) is 9.59 Å². The number of rotatable bonds is 6. The normalized spacial score (nSPS) is 12.5. The van der Waals surface area contributed by atoms with E-state index in [1.165, 1.54) is 0 Å². The molecule has 0 aromatic heterocycles. The Kier molecular flexibility index (Phi) is 6.30. The lowest BCUT2D eigenvalue weighted by Gasteiger charge is -2.23. The van der Waals surface area contributed by atoms with Crippen LogP contribution in [0.15, 0.2) is 54.6 Å². The number of anilines is 1. The predicted molar refractivity (Wildman–Crippen MR) is 96.9 cm³/mol. The Labute approximate surface area is 147 Å². The molecule has 0 saturated heterocycles. The average Bonchev–Trinajstić information content (AvgIpc) is 2.66. The topological polar surface area (TPSA) is 82.0 Å². The summed E-state index contributed by atoms with van der Waals surface area (Å²) in [5, 5.41) is 14.6. The molecular weight excluding hydrogens is 314 g/mol. The number of amides is 2. The molecule has 128 valence electrons. The summed E-state index contributed by atoms with van der Waals surface area (Å²) in [6.45, 7) is 3.89. The van der Waals surface area contributed by atoms with Gasteiger partial charge in [0.1, 0.15) is 6.04 Å². The Morgan fingerprint density at radius 2 is 1.84 bits per heavy atom. The van der Waals surface area contributed by atoms with E-state index in [1.54, 1.807) is 48.5 Å². The lowest BCUT2D eigenvalue weighted by atomic mass is 9.97. The first-order valence-electron chi connectivity index (χ1n) is 8.22. The highest BCUT2D eigenvalue weighted by Gasteiger charge is 2.26. The molecule has 2 rings (SSSR count). The highest BCUT2D eigenvalue weighted by Crippen LogP contribution is 2.14. The largest absolute Gasteiger partial charge is 0.340 e. The Hall–Kier alpha value is -3.13. The lowest BCUT2D eigenvalue weighted by Crippen LogP contribution is -2.47. The maximum absolute atomic E-state index is 12.7. The van der Waals surface area contributed by atoms with Gasteiger partial charge in [-0.25, -0.2) is 0 Å². The van der Waals surface area contributed by atoms with Crippen LogP contribution < -0.4 is 10.6 Å². The number of nitrogens with one attached hydrogen (secondary N) is 2. The van der Waals surface area contributed by atoms with Crippen molar-refractivity contribution in [3.8, 4) is 6.07 Å². The minimum absolute atomic E-state index is 0.0354. The molecule has 2 aromatic carbocycles. The molecule has 0 aliphatic heterocycles. The summed E-state index contributed by atoms with van der Waals surface area (Å²) in [6, 6.07) is 16.9. The Balaban J connectivity index is 2.14. The maximum Gasteiger partial charge on any atom is 0.251 e. The van der Waals surface area contributed by atoms with Gasteiger partial charge in [0.15, 0.2) is 0 Å². The zero-order valence-electron chi connectivity index (χ0n) is 14.3. The van der Waals surface area contributed by atoms with Gasteiger partial charge < -0.3 is 10.6 Å². The zero-order chi connectivity index (χ0) is 18.2. The van der Waals surface area contributed by atoms with Gasteiger partial charge in [-0.15, -0.1) is 0 Å². The van der Waals surface area contributed by atoms with E-state index in [9.17, 15) is 9.59 Å². The molecule has 25 heavy (non-hydrogen) atoms. The predicted octanol–water partition coefficient (Wildman–Crippen LogP) is 3.34. The van der Waals surface area contributed by atoms with Crippen LogP contribution in [0.4, 0.5) is 5.69 Å². The minimum Gasteiger partial charge on any atom is -0.340 e. The van der Waals surface area contributed by atoms with Crippen molar-refractivity contribution >= 4 is 17.5 Å². The first kappa shape index (κ1) is 18.2. The van der Waals surface area contributed by atoms with Gasteiger partial charge >= 0.3 is 0 Å². The summed E-state index contributed by atoms with van der Waals surface area (Å²) in [4.78, 5) is 25.1. The number of carbonyl (C=O) groups excluding carboxylic acids is 2. The van der Waals surface area contributed by atoms with Crippen molar-refractivity contribution in [2.24, 2.45) is 5.92 Å². The van der Waals surface area contributed by atoms with Crippen molar-refractivity contribution in [1.82, 2.24) is 5.32 Å². The van der Waals surface area contributed by atoms with Crippen LogP contribution >= 0.6 is 0 Å². The molecule has 0 radical (unpaired) electrons. The van der Waals surface area contributed by atoms with Crippen LogP contribution in [0, 0.1) is 17.2 Å². The molecule has 2 atom stereocenters. The van der Waals surface area contributed by atoms with Crippen LogP contribution in [-0.2, 0) is 4.79 Å². The second-order valence-electron chi connectivity index (χ2n) is 5.88. The Bertz CT molecular complexity index is 781. The van der Waals surface area contributed by atoms with Crippen molar-refractivity contribution in [3.05, 3.63) is 65.7 Å². The van der Waals surface area contributed by atoms with E-state index in [1.807, 2.05) is 26.0 Å². The standard InChI is InChI=1S/C20H21N3O2/c1-3-14(2)18(23-19(24)16-9-5-4-6-10-16)20(25)22-17-11-7-8-15(12-17)13-21/h4-12,14,18H,3H2,1-2H3,(H,22,25)(H,23,24)/t14-,18-/m0/s1. The number of nitrogens with zero attached hydrogens (tertiary/aromatic N) is 1. The summed E-state index contributed by atoms with van der Waals surface area (Å²) in [5.41, 5.74) is 1.51. The van der Waals surface area contributed by atoms with Gasteiger partial charge in [0.25, 0.3) is 5.91 Å². The molecule has 0 aliphatic rings. The number of nitriles is 1. The van der Waals surface area contributed by atoms with Gasteiger partial charge in [-0.2, -0.15) is 5.26 Å². The van der Waals surface area contributed by atoms with Crippen molar-refractivity contribution in [2.45, 2.75) is 26.3 Å². The summed E-state index contributed by atoms with van der Waals surface area (Å²) >= 11 is 0. The molecule has 0 bridgehead atoms. The Morgan fingerprint density at radius 1 is 1.12 bits per heavy atom. The molecule has 0 aliphatic carbocycles. The van der Waals surface area contributed by atoms with Crippen LogP contribution in [0.3, 0.4) is 0 Å². The van der Waals surface area contributed by atoms with E-state index < -0.39 is 6.04 Å². The van der Waals surface area contributed by atoms with Crippen LogP contribution in [0.25, 0.3) is 0 Å². The molecular formula is C20H21N3O2. The zero-order valence-corrected chi connectivity index (χ0v) is 14.3. The van der Waals surface area contributed by atoms with Gasteiger partial charge in [0.05, 0.1) is 11.6 Å². The van der Waals surface area contributed by atoms with Crippen molar-refractivity contribution in [1.29, 1.82) is 5.26 Å². The van der Waals surface area contributed by atoms with E-state index in [0.29, 0.717) is 16.8 Å². The third kappa shape index (κ3) is 4.92. The number of hydrogen-bond donors (Lipinski definition) is 2. The summed E-state index contributed by atoms with van der Waals surface area (Å²) in [6.07, 6.45) is 0.741. The van der Waals surface area contributed by atoms with E-state index >= 15 is 0 Å². The second kappa shape index (κ2) is 8.65. The van der Waals surface area contributed by atoms with Crippen molar-refractivity contribution < 1.29 is 9.59 Å². The quantitative estimate of drug-likeness (QED) is 0.849. The lowest BCUT2D eigenvalue weighted by molar-refractivity contribution is -0.119. The molecule has 5 heteroatoms. The SMILES string of the molecule is CC[C@H](C)[C@H](NC(=O)c1ccccc1)C(=O)Nc1cccc(C#N)c1. The number of benzene rings is 2. The van der Waals surface area contributed by atoms with Gasteiger partial charge in [0.2, 0.25) is 5.91 Å². The van der Waals surface area contributed by atoms with Crippen LogP contribution in [0.1, 0.15) is 36.2 Å². The molecule has 2 aromatic rings. The van der Waals surface area contributed by atoms with Crippen LogP contribution in [-0.4, -0.2) is 17.9 Å². The molecule has 2 N–H and O–H groups in total. The van der Waals surface area contributed by atoms with Crippen LogP contribution in [0.5, 0.6) is 0 Å². The van der Waals surface area contributed by atoms with Crippen molar-refractivity contribution in [3.63, 3.8) is 0 Å². The van der Waals surface area contributed by atoms with E-state index in [4.69, 9.17) is 5.26 Å². The highest BCUT2D eigenvalue weighted by molar-refractivity contribution is 6.01. The second-order valence-corrected chi connectivity index (χ2v) is 5.88. The fraction of sp³-hybridized carbons (Fsp3) is 0.250. The molecule has 5 nitrogen and oxygen atoms in total. The first-order valence-corrected chi connectivity index (χ1v) is 8.22. The highest BCUT2D eigenvalue weighted by atomic mass is 16.2. The molecule has 0 fully saturated rings. The smallest absolute Gasteiger partial charge is 0.251 e. The van der Waals surface area contributed by atoms with Gasteiger partial charge in [-0.1, -0.05) is 44.5 Å². The molecule has 0 heterocycles. The van der Waals surface area contributed by atoms with Gasteiger partial charge in [0, 0.05) is 11.3 Å². The first-order chi connectivity index (χ1) is 12.0. The molecule has 0 saturated carbocycles. The molecule has 0 unspecified atom stereocenters. The monoisotopic (exact) mass is 335 g/mol. The van der Waals surface area contributed by atoms with Crippen molar-refractivity contribution in [2.75, 3.05) is 5.32 Å². The fourth-order valence-corrected chi connectivity index (χ4v) is 2.40. The van der Waals surface area contributed by atoms with Crippen LogP contribution in [0.2, 0.25) is 0 Å². The molecule has 2 amide bonds.